The van der Waals surface area contributed by atoms with Crippen LogP contribution in [0.15, 0.2) is 12.2 Å². The Morgan fingerprint density at radius 1 is 1.00 bits per heavy atom. The lowest BCUT2D eigenvalue weighted by molar-refractivity contribution is -0.146. The number of carbonyl (C=O) groups is 2. The van der Waals surface area contributed by atoms with E-state index in [-0.39, 0.29) is 6.42 Å². The third kappa shape index (κ3) is 11.5. The average molecular weight is 270 g/mol. The summed E-state index contributed by atoms with van der Waals surface area (Å²) in [7, 11) is 0. The van der Waals surface area contributed by atoms with Crippen LogP contribution in [0.4, 0.5) is 0 Å². The predicted octanol–water partition coefficient (Wildman–Crippen LogP) is 3.86. The maximum Gasteiger partial charge on any atom is 0.310 e. The van der Waals surface area contributed by atoms with E-state index >= 15 is 0 Å². The van der Waals surface area contributed by atoms with Crippen molar-refractivity contribution in [2.24, 2.45) is 5.92 Å². The second-order valence-electron chi connectivity index (χ2n) is 4.88. The quantitative estimate of drug-likeness (QED) is 0.417. The monoisotopic (exact) mass is 270 g/mol. The summed E-state index contributed by atoms with van der Waals surface area (Å²) >= 11 is 0. The van der Waals surface area contributed by atoms with Crippen LogP contribution >= 0.6 is 0 Å². The summed E-state index contributed by atoms with van der Waals surface area (Å²) in [6.45, 7) is 2.20. The number of carboxylic acids is 2. The van der Waals surface area contributed by atoms with Crippen molar-refractivity contribution in [1.82, 2.24) is 0 Å². The molecule has 0 radical (unpaired) electrons. The molecule has 2 N–H and O–H groups in total. The highest BCUT2D eigenvalue weighted by molar-refractivity contribution is 5.79. The van der Waals surface area contributed by atoms with E-state index in [1.54, 1.807) is 6.08 Å². The standard InChI is InChI=1S/C15H26O4/c1-2-3-4-5-6-7-8-9-10-11-13(15(18)19)12-14(16)17/h10-11,13H,2-9,12H2,1H3,(H,16,17)(H,18,19)/b11-10-. The zero-order chi connectivity index (χ0) is 14.5. The molecule has 0 aliphatic rings. The van der Waals surface area contributed by atoms with Gasteiger partial charge in [0.25, 0.3) is 0 Å². The Kier molecular flexibility index (Phi) is 10.9. The van der Waals surface area contributed by atoms with Crippen LogP contribution in [0.5, 0.6) is 0 Å². The molecular formula is C15H26O4. The van der Waals surface area contributed by atoms with E-state index in [0.29, 0.717) is 0 Å². The minimum atomic E-state index is -1.08. The van der Waals surface area contributed by atoms with E-state index in [1.807, 2.05) is 0 Å². The second kappa shape index (κ2) is 11.8. The van der Waals surface area contributed by atoms with Gasteiger partial charge in [0, 0.05) is 0 Å². The summed E-state index contributed by atoms with van der Waals surface area (Å²) in [5.74, 6) is -3.05. The van der Waals surface area contributed by atoms with Gasteiger partial charge in [0.1, 0.15) is 0 Å². The van der Waals surface area contributed by atoms with Gasteiger partial charge in [0.15, 0.2) is 0 Å². The molecule has 0 aliphatic heterocycles. The summed E-state index contributed by atoms with van der Waals surface area (Å²) in [6, 6.07) is 0. The first kappa shape index (κ1) is 17.7. The summed E-state index contributed by atoms with van der Waals surface area (Å²) in [5.41, 5.74) is 0. The van der Waals surface area contributed by atoms with Gasteiger partial charge in [-0.05, 0) is 12.8 Å². The first-order valence-electron chi connectivity index (χ1n) is 7.19. The van der Waals surface area contributed by atoms with Crippen molar-refractivity contribution in [3.63, 3.8) is 0 Å². The molecule has 1 unspecified atom stereocenters. The first-order valence-corrected chi connectivity index (χ1v) is 7.19. The number of aliphatic carboxylic acids is 2. The van der Waals surface area contributed by atoms with Crippen molar-refractivity contribution < 1.29 is 19.8 Å². The highest BCUT2D eigenvalue weighted by Crippen LogP contribution is 2.10. The van der Waals surface area contributed by atoms with Gasteiger partial charge < -0.3 is 10.2 Å². The largest absolute Gasteiger partial charge is 0.481 e. The first-order chi connectivity index (χ1) is 9.07. The molecular weight excluding hydrogens is 244 g/mol. The highest BCUT2D eigenvalue weighted by Gasteiger charge is 2.17. The maximum absolute atomic E-state index is 10.8. The molecule has 0 fully saturated rings. The third-order valence-corrected chi connectivity index (χ3v) is 3.05. The number of unbranched alkanes of at least 4 members (excludes halogenated alkanes) is 7. The molecule has 0 rings (SSSR count). The van der Waals surface area contributed by atoms with Crippen LogP contribution in [0.2, 0.25) is 0 Å². The molecule has 19 heavy (non-hydrogen) atoms. The van der Waals surface area contributed by atoms with Crippen LogP contribution in [-0.2, 0) is 9.59 Å². The molecule has 0 heterocycles. The van der Waals surface area contributed by atoms with Gasteiger partial charge in [-0.2, -0.15) is 0 Å². The number of carboxylic acid groups (broad SMARTS) is 2. The van der Waals surface area contributed by atoms with E-state index in [2.05, 4.69) is 6.92 Å². The Balaban J connectivity index is 3.64. The van der Waals surface area contributed by atoms with Crippen molar-refractivity contribution in [2.75, 3.05) is 0 Å². The summed E-state index contributed by atoms with van der Waals surface area (Å²) < 4.78 is 0. The highest BCUT2D eigenvalue weighted by atomic mass is 16.4. The van der Waals surface area contributed by atoms with E-state index in [9.17, 15) is 9.59 Å². The normalized spacial score (nSPS) is 12.7. The van der Waals surface area contributed by atoms with E-state index in [4.69, 9.17) is 10.2 Å². The number of hydrogen-bond acceptors (Lipinski definition) is 2. The van der Waals surface area contributed by atoms with Gasteiger partial charge in [-0.25, -0.2) is 0 Å². The summed E-state index contributed by atoms with van der Waals surface area (Å²) in [5, 5.41) is 17.4. The fraction of sp³-hybridized carbons (Fsp3) is 0.733. The van der Waals surface area contributed by atoms with Crippen LogP contribution in [0.25, 0.3) is 0 Å². The zero-order valence-electron chi connectivity index (χ0n) is 11.8. The molecule has 4 heteroatoms. The molecule has 0 saturated carbocycles. The van der Waals surface area contributed by atoms with E-state index in [0.717, 1.165) is 19.3 Å². The Bertz CT molecular complexity index is 284. The topological polar surface area (TPSA) is 74.6 Å². The van der Waals surface area contributed by atoms with Crippen LogP contribution in [-0.4, -0.2) is 22.2 Å². The van der Waals surface area contributed by atoms with Crippen molar-refractivity contribution in [3.05, 3.63) is 12.2 Å². The summed E-state index contributed by atoms with van der Waals surface area (Å²) in [6.07, 6.45) is 12.3. The van der Waals surface area contributed by atoms with Crippen molar-refractivity contribution in [2.45, 2.75) is 64.7 Å². The van der Waals surface area contributed by atoms with Crippen LogP contribution in [0.3, 0.4) is 0 Å². The molecule has 4 nitrogen and oxygen atoms in total. The minimum absolute atomic E-state index is 0.344. The Morgan fingerprint density at radius 3 is 2.11 bits per heavy atom. The Morgan fingerprint density at radius 2 is 1.58 bits per heavy atom. The molecule has 0 bridgehead atoms. The van der Waals surface area contributed by atoms with E-state index < -0.39 is 17.9 Å². The van der Waals surface area contributed by atoms with Gasteiger partial charge in [-0.1, -0.05) is 57.6 Å². The molecule has 0 saturated heterocycles. The molecule has 0 aromatic rings. The number of allylic oxidation sites excluding steroid dienone is 1. The summed E-state index contributed by atoms with van der Waals surface area (Å²) in [4.78, 5) is 21.3. The van der Waals surface area contributed by atoms with Crippen molar-refractivity contribution >= 4 is 11.9 Å². The fourth-order valence-corrected chi connectivity index (χ4v) is 1.91. The van der Waals surface area contributed by atoms with Gasteiger partial charge in [-0.3, -0.25) is 9.59 Å². The molecule has 0 aliphatic carbocycles. The lowest BCUT2D eigenvalue weighted by atomic mass is 10.0. The lowest BCUT2D eigenvalue weighted by Gasteiger charge is -2.03. The van der Waals surface area contributed by atoms with Crippen LogP contribution < -0.4 is 0 Å². The number of hydrogen-bond donors (Lipinski definition) is 2. The number of rotatable bonds is 12. The predicted molar refractivity (Wildman–Crippen MR) is 75.1 cm³/mol. The van der Waals surface area contributed by atoms with Gasteiger partial charge in [0.05, 0.1) is 12.3 Å². The second-order valence-corrected chi connectivity index (χ2v) is 4.88. The molecule has 0 spiro atoms. The molecule has 110 valence electrons. The Labute approximate surface area is 115 Å². The lowest BCUT2D eigenvalue weighted by Crippen LogP contribution is -2.15. The molecule has 1 atom stereocenters. The average Bonchev–Trinajstić information content (AvgIpc) is 2.34. The fourth-order valence-electron chi connectivity index (χ4n) is 1.91. The zero-order valence-corrected chi connectivity index (χ0v) is 11.8. The van der Waals surface area contributed by atoms with E-state index in [1.165, 1.54) is 38.2 Å². The molecule has 0 aromatic carbocycles. The minimum Gasteiger partial charge on any atom is -0.481 e. The molecule has 0 aromatic heterocycles. The third-order valence-electron chi connectivity index (χ3n) is 3.05. The maximum atomic E-state index is 10.8. The van der Waals surface area contributed by atoms with Crippen molar-refractivity contribution in [1.29, 1.82) is 0 Å². The van der Waals surface area contributed by atoms with Crippen molar-refractivity contribution in [3.8, 4) is 0 Å². The van der Waals surface area contributed by atoms with Gasteiger partial charge in [0.2, 0.25) is 0 Å². The van der Waals surface area contributed by atoms with Crippen LogP contribution in [0, 0.1) is 5.92 Å². The Hall–Kier alpha value is -1.32. The van der Waals surface area contributed by atoms with Crippen LogP contribution in [0.1, 0.15) is 64.7 Å². The smallest absolute Gasteiger partial charge is 0.310 e. The molecule has 0 amide bonds. The van der Waals surface area contributed by atoms with Gasteiger partial charge in [-0.15, -0.1) is 0 Å². The van der Waals surface area contributed by atoms with Gasteiger partial charge >= 0.3 is 11.9 Å². The SMILES string of the molecule is CCCCCCCCC/C=C\C(CC(=O)O)C(=O)O.